The summed E-state index contributed by atoms with van der Waals surface area (Å²) in [6.07, 6.45) is 3.41. The highest BCUT2D eigenvalue weighted by molar-refractivity contribution is 6.18. The molecule has 0 fully saturated rings. The summed E-state index contributed by atoms with van der Waals surface area (Å²) in [5.41, 5.74) is 3.06. The van der Waals surface area contributed by atoms with Gasteiger partial charge < -0.3 is 9.80 Å². The highest BCUT2D eigenvalue weighted by Crippen LogP contribution is 2.18. The minimum Gasteiger partial charge on any atom is -0.378 e. The molecule has 0 spiro atoms. The second-order valence-corrected chi connectivity index (χ2v) is 7.23. The Labute approximate surface area is 177 Å². The zero-order valence-electron chi connectivity index (χ0n) is 17.7. The maximum atomic E-state index is 13.5. The van der Waals surface area contributed by atoms with Gasteiger partial charge in [0.05, 0.1) is 0 Å². The molecule has 3 rings (SSSR count). The van der Waals surface area contributed by atoms with Gasteiger partial charge in [0, 0.05) is 45.1 Å². The van der Waals surface area contributed by atoms with Gasteiger partial charge in [-0.05, 0) is 42.3 Å². The van der Waals surface area contributed by atoms with E-state index in [1.165, 1.54) is 10.6 Å². The number of likely N-dealkylation sites (N-methyl/N-ethyl adjacent to an activating group) is 1. The molecule has 0 aliphatic carbocycles. The number of carbonyl (C=O) groups is 1. The molecule has 0 N–H and O–H groups in total. The Morgan fingerprint density at radius 3 is 2.20 bits per heavy atom. The number of pyridine rings is 1. The highest BCUT2D eigenvalue weighted by Gasteiger charge is 2.20. The fourth-order valence-corrected chi connectivity index (χ4v) is 3.18. The van der Waals surface area contributed by atoms with Crippen LogP contribution in [0.15, 0.2) is 83.8 Å². The van der Waals surface area contributed by atoms with E-state index in [2.05, 4.69) is 0 Å². The minimum atomic E-state index is -0.238. The van der Waals surface area contributed by atoms with Crippen molar-refractivity contribution in [1.82, 2.24) is 9.47 Å². The van der Waals surface area contributed by atoms with Crippen LogP contribution >= 0.6 is 0 Å². The molecular formula is C25H27N3O2. The first-order valence-electron chi connectivity index (χ1n) is 10.00. The van der Waals surface area contributed by atoms with Crippen LogP contribution in [0.3, 0.4) is 0 Å². The van der Waals surface area contributed by atoms with Crippen LogP contribution in [0.5, 0.6) is 0 Å². The van der Waals surface area contributed by atoms with Crippen molar-refractivity contribution >= 4 is 23.4 Å². The third-order valence-electron chi connectivity index (χ3n) is 4.90. The molecule has 1 aromatic heterocycles. The molecular weight excluding hydrogens is 374 g/mol. The van der Waals surface area contributed by atoms with Gasteiger partial charge in [0.15, 0.2) is 0 Å². The predicted molar refractivity (Wildman–Crippen MR) is 123 cm³/mol. The Morgan fingerprint density at radius 2 is 1.60 bits per heavy atom. The zero-order valence-corrected chi connectivity index (χ0v) is 17.7. The number of amides is 1. The van der Waals surface area contributed by atoms with E-state index in [0.717, 1.165) is 16.8 Å². The van der Waals surface area contributed by atoms with Crippen LogP contribution < -0.4 is 10.5 Å². The first-order valence-corrected chi connectivity index (χ1v) is 10.00. The SMILES string of the molecule is CCN(Cc1ccccc1)C(=O)/C(=C\c1ccc(N(C)C)cc1)n1ccccc1=O. The van der Waals surface area contributed by atoms with Gasteiger partial charge in [-0.1, -0.05) is 48.5 Å². The van der Waals surface area contributed by atoms with Crippen LogP contribution in [0.25, 0.3) is 11.8 Å². The lowest BCUT2D eigenvalue weighted by Crippen LogP contribution is -2.34. The van der Waals surface area contributed by atoms with Crippen LogP contribution in [0.1, 0.15) is 18.1 Å². The lowest BCUT2D eigenvalue weighted by atomic mass is 10.1. The van der Waals surface area contributed by atoms with Crippen molar-refractivity contribution in [2.45, 2.75) is 13.5 Å². The molecule has 0 aliphatic heterocycles. The molecule has 0 saturated carbocycles. The molecule has 0 unspecified atom stereocenters. The third kappa shape index (κ3) is 5.06. The van der Waals surface area contributed by atoms with Gasteiger partial charge >= 0.3 is 0 Å². The monoisotopic (exact) mass is 401 g/mol. The molecule has 0 atom stereocenters. The third-order valence-corrected chi connectivity index (χ3v) is 4.90. The molecule has 154 valence electrons. The summed E-state index contributed by atoms with van der Waals surface area (Å²) in [5, 5.41) is 0. The van der Waals surface area contributed by atoms with Crippen LogP contribution in [0.4, 0.5) is 5.69 Å². The van der Waals surface area contributed by atoms with E-state index < -0.39 is 0 Å². The second kappa shape index (κ2) is 9.74. The number of hydrogen-bond donors (Lipinski definition) is 0. The van der Waals surface area contributed by atoms with Crippen molar-refractivity contribution in [2.75, 3.05) is 25.5 Å². The summed E-state index contributed by atoms with van der Waals surface area (Å²) in [7, 11) is 3.96. The Bertz CT molecular complexity index is 1070. The Balaban J connectivity index is 2.01. The summed E-state index contributed by atoms with van der Waals surface area (Å²) in [6.45, 7) is 2.96. The molecule has 30 heavy (non-hydrogen) atoms. The average Bonchev–Trinajstić information content (AvgIpc) is 2.77. The molecule has 5 nitrogen and oxygen atoms in total. The first-order chi connectivity index (χ1) is 14.5. The predicted octanol–water partition coefficient (Wildman–Crippen LogP) is 3.96. The standard InChI is InChI=1S/C25H27N3O2/c1-4-27(19-21-10-6-5-7-11-21)25(30)23(28-17-9-8-12-24(28)29)18-20-13-15-22(16-14-20)26(2)3/h5-18H,4,19H2,1-3H3/b23-18+. The summed E-state index contributed by atoms with van der Waals surface area (Å²) >= 11 is 0. The van der Waals surface area contributed by atoms with Crippen LogP contribution in [0, 0.1) is 0 Å². The summed E-state index contributed by atoms with van der Waals surface area (Å²) in [5.74, 6) is -0.189. The van der Waals surface area contributed by atoms with Crippen molar-refractivity contribution in [3.8, 4) is 0 Å². The van der Waals surface area contributed by atoms with E-state index in [9.17, 15) is 9.59 Å². The van der Waals surface area contributed by atoms with Gasteiger partial charge in [0.1, 0.15) is 5.70 Å². The molecule has 0 saturated heterocycles. The lowest BCUT2D eigenvalue weighted by molar-refractivity contribution is -0.125. The molecule has 5 heteroatoms. The normalized spacial score (nSPS) is 11.2. The number of nitrogens with zero attached hydrogens (tertiary/aromatic N) is 3. The molecule has 1 amide bonds. The molecule has 0 bridgehead atoms. The Kier molecular flexibility index (Phi) is 6.86. The van der Waals surface area contributed by atoms with E-state index in [4.69, 9.17) is 0 Å². The van der Waals surface area contributed by atoms with E-state index >= 15 is 0 Å². The topological polar surface area (TPSA) is 45.6 Å². The fourth-order valence-electron chi connectivity index (χ4n) is 3.18. The van der Waals surface area contributed by atoms with Crippen molar-refractivity contribution in [2.24, 2.45) is 0 Å². The maximum Gasteiger partial charge on any atom is 0.271 e. The molecule has 2 aromatic carbocycles. The number of rotatable bonds is 7. The van der Waals surface area contributed by atoms with Gasteiger partial charge in [-0.25, -0.2) is 0 Å². The average molecular weight is 402 g/mol. The van der Waals surface area contributed by atoms with Gasteiger partial charge in [-0.15, -0.1) is 0 Å². The smallest absolute Gasteiger partial charge is 0.271 e. The van der Waals surface area contributed by atoms with Crippen molar-refractivity contribution in [3.05, 3.63) is 100 Å². The molecule has 3 aromatic rings. The molecule has 0 radical (unpaired) electrons. The second-order valence-electron chi connectivity index (χ2n) is 7.23. The first kappa shape index (κ1) is 21.1. The number of carbonyl (C=O) groups excluding carboxylic acids is 1. The Hall–Kier alpha value is -3.60. The lowest BCUT2D eigenvalue weighted by Gasteiger charge is -2.23. The number of hydrogen-bond acceptors (Lipinski definition) is 3. The van der Waals surface area contributed by atoms with Crippen molar-refractivity contribution in [1.29, 1.82) is 0 Å². The number of anilines is 1. The zero-order chi connectivity index (χ0) is 21.5. The fraction of sp³-hybridized carbons (Fsp3) is 0.200. The Morgan fingerprint density at radius 1 is 0.933 bits per heavy atom. The van der Waals surface area contributed by atoms with E-state index in [-0.39, 0.29) is 11.5 Å². The van der Waals surface area contributed by atoms with Gasteiger partial charge in [0.25, 0.3) is 11.5 Å². The van der Waals surface area contributed by atoms with Gasteiger partial charge in [-0.3, -0.25) is 14.2 Å². The largest absolute Gasteiger partial charge is 0.378 e. The van der Waals surface area contributed by atoms with E-state index in [1.807, 2.05) is 80.5 Å². The van der Waals surface area contributed by atoms with E-state index in [0.29, 0.717) is 18.8 Å². The maximum absolute atomic E-state index is 13.5. The van der Waals surface area contributed by atoms with Crippen LogP contribution in [-0.4, -0.2) is 36.0 Å². The van der Waals surface area contributed by atoms with E-state index in [1.54, 1.807) is 29.3 Å². The number of aromatic nitrogens is 1. The van der Waals surface area contributed by atoms with Gasteiger partial charge in [-0.2, -0.15) is 0 Å². The molecule has 1 heterocycles. The molecule has 0 aliphatic rings. The van der Waals surface area contributed by atoms with Crippen molar-refractivity contribution in [3.63, 3.8) is 0 Å². The quantitative estimate of drug-likeness (QED) is 0.563. The minimum absolute atomic E-state index is 0.189. The summed E-state index contributed by atoms with van der Waals surface area (Å²) < 4.78 is 1.41. The van der Waals surface area contributed by atoms with Gasteiger partial charge in [0.2, 0.25) is 0 Å². The highest BCUT2D eigenvalue weighted by atomic mass is 16.2. The summed E-state index contributed by atoms with van der Waals surface area (Å²) in [4.78, 5) is 29.8. The number of benzene rings is 2. The van der Waals surface area contributed by atoms with Crippen molar-refractivity contribution < 1.29 is 4.79 Å². The summed E-state index contributed by atoms with van der Waals surface area (Å²) in [6, 6.07) is 22.6. The van der Waals surface area contributed by atoms with Crippen LogP contribution in [-0.2, 0) is 11.3 Å². The van der Waals surface area contributed by atoms with Crippen LogP contribution in [0.2, 0.25) is 0 Å².